The van der Waals surface area contributed by atoms with Gasteiger partial charge in [0, 0.05) is 55.9 Å². The van der Waals surface area contributed by atoms with Gasteiger partial charge in [0.1, 0.15) is 11.6 Å². The Labute approximate surface area is 223 Å². The van der Waals surface area contributed by atoms with Crippen LogP contribution in [0.4, 0.5) is 34.5 Å². The van der Waals surface area contributed by atoms with Crippen LogP contribution in [-0.4, -0.2) is 65.0 Å². The van der Waals surface area contributed by atoms with E-state index in [9.17, 15) is 0 Å². The molecule has 0 bridgehead atoms. The molecule has 0 spiro atoms. The number of anilines is 6. The maximum absolute atomic E-state index is 6.52. The second kappa shape index (κ2) is 11.0. The summed E-state index contributed by atoms with van der Waals surface area (Å²) in [4.78, 5) is 13.7. The highest BCUT2D eigenvalue weighted by Crippen LogP contribution is 2.38. The summed E-state index contributed by atoms with van der Waals surface area (Å²) in [5.41, 5.74) is 11.7. The van der Waals surface area contributed by atoms with E-state index in [1.165, 1.54) is 0 Å². The quantitative estimate of drug-likeness (QED) is 0.294. The molecule has 1 aliphatic rings. The number of nitrogens with zero attached hydrogens (tertiary/aromatic N) is 6. The molecule has 0 amide bonds. The standard InChI is InChI=1S/C28H35N9O/c1-35(2)19-10-15-37(16-11-19)25-18-26(38-4)24(17-21(25)29)32-28-30-13-9-27(33-28)31-22-8-6-5-7-20(22)23-12-14-36(3)34-23/h5-9,12-14,17-19H,10-11,15-16,29H2,1-4H3,(H2,30,31,32,33). The molecule has 198 valence electrons. The Morgan fingerprint density at radius 3 is 2.53 bits per heavy atom. The molecule has 1 aliphatic heterocycles. The average molecular weight is 514 g/mol. The fraction of sp³-hybridized carbons (Fsp3) is 0.321. The Balaban J connectivity index is 1.34. The van der Waals surface area contributed by atoms with Gasteiger partial charge in [0.2, 0.25) is 5.95 Å². The molecule has 2 aromatic heterocycles. The first kappa shape index (κ1) is 25.3. The van der Waals surface area contributed by atoms with Crippen LogP contribution in [0, 0.1) is 0 Å². The minimum atomic E-state index is 0.433. The molecule has 5 rings (SSSR count). The van der Waals surface area contributed by atoms with Crippen LogP contribution in [0.25, 0.3) is 11.3 Å². The van der Waals surface area contributed by atoms with Crippen LogP contribution in [0.5, 0.6) is 5.75 Å². The molecule has 10 heteroatoms. The largest absolute Gasteiger partial charge is 0.494 e. The first-order valence-electron chi connectivity index (χ1n) is 12.8. The van der Waals surface area contributed by atoms with E-state index < -0.39 is 0 Å². The van der Waals surface area contributed by atoms with Gasteiger partial charge in [-0.3, -0.25) is 4.68 Å². The van der Waals surface area contributed by atoms with Gasteiger partial charge in [0.15, 0.2) is 0 Å². The molecule has 4 N–H and O–H groups in total. The zero-order chi connectivity index (χ0) is 26.6. The van der Waals surface area contributed by atoms with Crippen molar-refractivity contribution >= 4 is 34.5 Å². The summed E-state index contributed by atoms with van der Waals surface area (Å²) in [6.07, 6.45) is 5.84. The smallest absolute Gasteiger partial charge is 0.229 e. The molecule has 0 aliphatic carbocycles. The number of aryl methyl sites for hydroxylation is 1. The summed E-state index contributed by atoms with van der Waals surface area (Å²) in [7, 11) is 7.85. The van der Waals surface area contributed by atoms with Crippen molar-refractivity contribution in [2.75, 3.05) is 55.6 Å². The van der Waals surface area contributed by atoms with Crippen molar-refractivity contribution in [2.45, 2.75) is 18.9 Å². The van der Waals surface area contributed by atoms with Crippen LogP contribution >= 0.6 is 0 Å². The number of methoxy groups -OCH3 is 1. The minimum absolute atomic E-state index is 0.433. The van der Waals surface area contributed by atoms with Gasteiger partial charge in [0.05, 0.1) is 29.9 Å². The van der Waals surface area contributed by atoms with E-state index >= 15 is 0 Å². The third kappa shape index (κ3) is 5.50. The van der Waals surface area contributed by atoms with E-state index in [1.54, 1.807) is 18.0 Å². The lowest BCUT2D eigenvalue weighted by atomic mass is 10.0. The number of rotatable bonds is 8. The number of aromatic nitrogens is 4. The number of piperidine rings is 1. The van der Waals surface area contributed by atoms with E-state index in [1.807, 2.05) is 61.8 Å². The van der Waals surface area contributed by atoms with Crippen molar-refractivity contribution < 1.29 is 4.74 Å². The highest BCUT2D eigenvalue weighted by molar-refractivity contribution is 5.80. The van der Waals surface area contributed by atoms with Crippen LogP contribution in [-0.2, 0) is 7.05 Å². The molecule has 0 saturated carbocycles. The Morgan fingerprint density at radius 2 is 1.82 bits per heavy atom. The molecule has 2 aromatic carbocycles. The number of nitrogen functional groups attached to an aromatic ring is 1. The van der Waals surface area contributed by atoms with Crippen molar-refractivity contribution in [3.63, 3.8) is 0 Å². The molecule has 10 nitrogen and oxygen atoms in total. The fourth-order valence-corrected chi connectivity index (χ4v) is 4.87. The molecule has 38 heavy (non-hydrogen) atoms. The summed E-state index contributed by atoms with van der Waals surface area (Å²) < 4.78 is 7.51. The summed E-state index contributed by atoms with van der Waals surface area (Å²) in [5.74, 6) is 1.77. The van der Waals surface area contributed by atoms with Gasteiger partial charge in [-0.15, -0.1) is 0 Å². The zero-order valence-corrected chi connectivity index (χ0v) is 22.3. The van der Waals surface area contributed by atoms with E-state index in [-0.39, 0.29) is 0 Å². The van der Waals surface area contributed by atoms with Crippen LogP contribution in [0.3, 0.4) is 0 Å². The fourth-order valence-electron chi connectivity index (χ4n) is 4.87. The molecule has 0 unspecified atom stereocenters. The number of nitrogens with one attached hydrogen (secondary N) is 2. The Kier molecular flexibility index (Phi) is 7.32. The van der Waals surface area contributed by atoms with Crippen molar-refractivity contribution in [3.8, 4) is 17.0 Å². The average Bonchev–Trinajstić information content (AvgIpc) is 3.35. The second-order valence-corrected chi connectivity index (χ2v) is 9.73. The monoisotopic (exact) mass is 513 g/mol. The predicted octanol–water partition coefficient (Wildman–Crippen LogP) is 4.49. The van der Waals surface area contributed by atoms with E-state index in [4.69, 9.17) is 10.5 Å². The van der Waals surface area contributed by atoms with Gasteiger partial charge < -0.3 is 30.9 Å². The van der Waals surface area contributed by atoms with E-state index in [0.717, 1.165) is 48.6 Å². The van der Waals surface area contributed by atoms with Gasteiger partial charge in [-0.2, -0.15) is 10.1 Å². The lowest BCUT2D eigenvalue weighted by Crippen LogP contribution is -2.42. The third-order valence-corrected chi connectivity index (χ3v) is 6.97. The summed E-state index contributed by atoms with van der Waals surface area (Å²) >= 11 is 0. The van der Waals surface area contributed by atoms with Crippen molar-refractivity contribution in [1.82, 2.24) is 24.6 Å². The minimum Gasteiger partial charge on any atom is -0.494 e. The predicted molar refractivity (Wildman–Crippen MR) is 154 cm³/mol. The highest BCUT2D eigenvalue weighted by atomic mass is 16.5. The van der Waals surface area contributed by atoms with Crippen LogP contribution in [0.1, 0.15) is 12.8 Å². The first-order chi connectivity index (χ1) is 18.4. The number of para-hydroxylation sites is 1. The third-order valence-electron chi connectivity index (χ3n) is 6.97. The number of ether oxygens (including phenoxy) is 1. The second-order valence-electron chi connectivity index (χ2n) is 9.73. The van der Waals surface area contributed by atoms with E-state index in [2.05, 4.69) is 49.6 Å². The van der Waals surface area contributed by atoms with Gasteiger partial charge in [-0.05, 0) is 51.2 Å². The SMILES string of the molecule is COc1cc(N2CCC(N(C)C)CC2)c(N)cc1Nc1nccc(Nc2ccccc2-c2ccn(C)n2)n1. The number of hydrogen-bond acceptors (Lipinski definition) is 9. The first-order valence-corrected chi connectivity index (χ1v) is 12.8. The topological polar surface area (TPSA) is 109 Å². The summed E-state index contributed by atoms with van der Waals surface area (Å²) in [5, 5.41) is 11.2. The van der Waals surface area contributed by atoms with Gasteiger partial charge in [-0.25, -0.2) is 4.98 Å². The normalized spacial score (nSPS) is 14.1. The van der Waals surface area contributed by atoms with Crippen LogP contribution in [0.2, 0.25) is 0 Å². The number of benzene rings is 2. The van der Waals surface area contributed by atoms with Crippen LogP contribution in [0.15, 0.2) is 60.9 Å². The van der Waals surface area contributed by atoms with Crippen molar-refractivity contribution in [3.05, 3.63) is 60.9 Å². The molecule has 1 saturated heterocycles. The van der Waals surface area contributed by atoms with Gasteiger partial charge in [-0.1, -0.05) is 18.2 Å². The van der Waals surface area contributed by atoms with Gasteiger partial charge in [0.25, 0.3) is 0 Å². The molecular formula is C28H35N9O. The lowest BCUT2D eigenvalue weighted by molar-refractivity contribution is 0.249. The Morgan fingerprint density at radius 1 is 1.03 bits per heavy atom. The van der Waals surface area contributed by atoms with Crippen LogP contribution < -0.4 is 26.0 Å². The number of hydrogen-bond donors (Lipinski definition) is 3. The van der Waals surface area contributed by atoms with E-state index in [0.29, 0.717) is 34.9 Å². The zero-order valence-electron chi connectivity index (χ0n) is 22.3. The maximum Gasteiger partial charge on any atom is 0.229 e. The molecule has 0 radical (unpaired) electrons. The Hall–Kier alpha value is -4.31. The Bertz CT molecular complexity index is 1390. The van der Waals surface area contributed by atoms with Gasteiger partial charge >= 0.3 is 0 Å². The summed E-state index contributed by atoms with van der Waals surface area (Å²) in [6, 6.07) is 16.3. The van der Waals surface area contributed by atoms with Crippen molar-refractivity contribution in [2.24, 2.45) is 7.05 Å². The molecule has 4 aromatic rings. The lowest BCUT2D eigenvalue weighted by Gasteiger charge is -2.37. The molecular weight excluding hydrogens is 478 g/mol. The summed E-state index contributed by atoms with van der Waals surface area (Å²) in [6.45, 7) is 1.92. The molecule has 1 fully saturated rings. The molecule has 3 heterocycles. The number of nitrogens with two attached hydrogens (primary N) is 1. The maximum atomic E-state index is 6.52. The highest BCUT2D eigenvalue weighted by Gasteiger charge is 2.23. The molecule has 0 atom stereocenters. The van der Waals surface area contributed by atoms with Crippen molar-refractivity contribution in [1.29, 1.82) is 0 Å².